The Hall–Kier alpha value is -2.51. The van der Waals surface area contributed by atoms with Crippen molar-refractivity contribution in [3.05, 3.63) is 69.5 Å². The fourth-order valence-corrected chi connectivity index (χ4v) is 5.22. The van der Waals surface area contributed by atoms with Gasteiger partial charge in [0.25, 0.3) is 0 Å². The van der Waals surface area contributed by atoms with Gasteiger partial charge in [0.1, 0.15) is 0 Å². The Kier molecular flexibility index (Phi) is 6.01. The Morgan fingerprint density at radius 3 is 2.57 bits per heavy atom. The number of nitrogens with one attached hydrogen (secondary N) is 1. The average Bonchev–Trinajstić information content (AvgIpc) is 3.26. The number of aromatic nitrogens is 2. The predicted octanol–water partition coefficient (Wildman–Crippen LogP) is 4.94. The van der Waals surface area contributed by atoms with Gasteiger partial charge in [-0.25, -0.2) is 4.79 Å². The molecule has 0 radical (unpaired) electrons. The number of aryl methyl sites for hydroxylation is 2. The molecule has 2 aromatic heterocycles. The highest BCUT2D eigenvalue weighted by atomic mass is 32.2. The van der Waals surface area contributed by atoms with Gasteiger partial charge in [-0.1, -0.05) is 38.1 Å². The van der Waals surface area contributed by atoms with Crippen molar-refractivity contribution in [2.75, 3.05) is 0 Å². The molecule has 0 saturated heterocycles. The molecule has 30 heavy (non-hydrogen) atoms. The minimum absolute atomic E-state index is 0.0584. The van der Waals surface area contributed by atoms with Gasteiger partial charge in [0, 0.05) is 28.3 Å². The van der Waals surface area contributed by atoms with Crippen LogP contribution in [-0.4, -0.2) is 20.3 Å². The standard InChI is InChI=1S/C23H25N3O2S2/c1-15(2)30-24-21(27)11-12-25-18-8-4-5-9-19(18)26(23(25)28)13-17-14-29-20-10-6-7-16(3)22(17)20/h4-10,14-15H,11-13H2,1-3H3,(H,24,27). The number of fused-ring (bicyclic) bond motifs is 2. The second kappa shape index (κ2) is 8.70. The number of amides is 1. The third kappa shape index (κ3) is 4.04. The van der Waals surface area contributed by atoms with Gasteiger partial charge in [-0.2, -0.15) is 0 Å². The molecule has 7 heteroatoms. The van der Waals surface area contributed by atoms with E-state index in [2.05, 4.69) is 35.2 Å². The number of carbonyl (C=O) groups excluding carboxylic acids is 1. The number of imidazole rings is 1. The third-order valence-electron chi connectivity index (χ3n) is 5.11. The van der Waals surface area contributed by atoms with Gasteiger partial charge in [-0.05, 0) is 53.6 Å². The fraction of sp³-hybridized carbons (Fsp3) is 0.304. The Morgan fingerprint density at radius 2 is 1.83 bits per heavy atom. The van der Waals surface area contributed by atoms with Crippen LogP contribution in [0.1, 0.15) is 31.4 Å². The van der Waals surface area contributed by atoms with E-state index < -0.39 is 0 Å². The van der Waals surface area contributed by atoms with Crippen molar-refractivity contribution in [3.63, 3.8) is 0 Å². The van der Waals surface area contributed by atoms with Crippen LogP contribution in [0, 0.1) is 6.92 Å². The summed E-state index contributed by atoms with van der Waals surface area (Å²) in [5, 5.41) is 3.70. The Labute approximate surface area is 183 Å². The van der Waals surface area contributed by atoms with Crippen molar-refractivity contribution in [2.24, 2.45) is 0 Å². The summed E-state index contributed by atoms with van der Waals surface area (Å²) in [5.41, 5.74) is 4.06. The number of carbonyl (C=O) groups is 1. The van der Waals surface area contributed by atoms with E-state index in [4.69, 9.17) is 0 Å². The quantitative estimate of drug-likeness (QED) is 0.415. The van der Waals surface area contributed by atoms with Gasteiger partial charge in [0.2, 0.25) is 5.91 Å². The lowest BCUT2D eigenvalue weighted by Crippen LogP contribution is -2.27. The Bertz CT molecular complexity index is 1270. The maximum absolute atomic E-state index is 13.3. The van der Waals surface area contributed by atoms with Crippen LogP contribution < -0.4 is 10.4 Å². The van der Waals surface area contributed by atoms with Gasteiger partial charge in [0.15, 0.2) is 0 Å². The lowest BCUT2D eigenvalue weighted by Gasteiger charge is -2.07. The van der Waals surface area contributed by atoms with E-state index in [1.165, 1.54) is 27.6 Å². The summed E-state index contributed by atoms with van der Waals surface area (Å²) in [6, 6.07) is 14.1. The molecule has 0 atom stereocenters. The molecule has 4 rings (SSSR count). The molecular formula is C23H25N3O2S2. The Balaban J connectivity index is 1.67. The summed E-state index contributed by atoms with van der Waals surface area (Å²) < 4.78 is 7.63. The molecule has 0 fully saturated rings. The fourth-order valence-electron chi connectivity index (χ4n) is 3.72. The first-order chi connectivity index (χ1) is 14.5. The number of benzene rings is 2. The zero-order chi connectivity index (χ0) is 21.3. The molecule has 1 N–H and O–H groups in total. The van der Waals surface area contributed by atoms with Crippen LogP contribution in [-0.2, 0) is 17.9 Å². The molecule has 0 saturated carbocycles. The lowest BCUT2D eigenvalue weighted by molar-refractivity contribution is -0.119. The lowest BCUT2D eigenvalue weighted by atomic mass is 10.1. The van der Waals surface area contributed by atoms with E-state index in [9.17, 15) is 9.59 Å². The topological polar surface area (TPSA) is 56.0 Å². The highest BCUT2D eigenvalue weighted by Gasteiger charge is 2.16. The smallest absolute Gasteiger partial charge is 0.300 e. The molecular weight excluding hydrogens is 414 g/mol. The van der Waals surface area contributed by atoms with Crippen molar-refractivity contribution in [2.45, 2.75) is 45.5 Å². The van der Waals surface area contributed by atoms with Gasteiger partial charge in [-0.3, -0.25) is 18.7 Å². The van der Waals surface area contributed by atoms with E-state index in [-0.39, 0.29) is 18.0 Å². The molecule has 0 unspecified atom stereocenters. The van der Waals surface area contributed by atoms with E-state index in [0.717, 1.165) is 16.6 Å². The minimum atomic E-state index is -0.0755. The van der Waals surface area contributed by atoms with Crippen LogP contribution >= 0.6 is 23.3 Å². The van der Waals surface area contributed by atoms with Crippen LogP contribution in [0.25, 0.3) is 21.1 Å². The first-order valence-electron chi connectivity index (χ1n) is 10.0. The summed E-state index contributed by atoms with van der Waals surface area (Å²) in [6.45, 7) is 7.04. The summed E-state index contributed by atoms with van der Waals surface area (Å²) in [7, 11) is 0. The molecule has 5 nitrogen and oxygen atoms in total. The van der Waals surface area contributed by atoms with Gasteiger partial charge < -0.3 is 0 Å². The van der Waals surface area contributed by atoms with E-state index in [1.54, 1.807) is 15.9 Å². The molecule has 0 aliphatic heterocycles. The van der Waals surface area contributed by atoms with Gasteiger partial charge in [0.05, 0.1) is 17.6 Å². The predicted molar refractivity (Wildman–Crippen MR) is 127 cm³/mol. The highest BCUT2D eigenvalue weighted by molar-refractivity contribution is 7.98. The van der Waals surface area contributed by atoms with E-state index in [1.807, 2.05) is 42.7 Å². The summed E-state index contributed by atoms with van der Waals surface area (Å²) in [6.07, 6.45) is 0.272. The van der Waals surface area contributed by atoms with Crippen LogP contribution in [0.4, 0.5) is 0 Å². The molecule has 2 aromatic carbocycles. The van der Waals surface area contributed by atoms with Crippen LogP contribution in [0.15, 0.2) is 52.6 Å². The molecule has 0 spiro atoms. The Morgan fingerprint density at radius 1 is 1.10 bits per heavy atom. The number of nitrogens with zero attached hydrogens (tertiary/aromatic N) is 2. The molecule has 0 aliphatic carbocycles. The molecule has 0 bridgehead atoms. The van der Waals surface area contributed by atoms with Crippen molar-refractivity contribution in [1.29, 1.82) is 0 Å². The van der Waals surface area contributed by atoms with Crippen LogP contribution in [0.2, 0.25) is 0 Å². The summed E-state index contributed by atoms with van der Waals surface area (Å²) in [4.78, 5) is 25.5. The average molecular weight is 440 g/mol. The first-order valence-corrected chi connectivity index (χ1v) is 11.8. The summed E-state index contributed by atoms with van der Waals surface area (Å²) >= 11 is 3.11. The maximum Gasteiger partial charge on any atom is 0.329 e. The largest absolute Gasteiger partial charge is 0.329 e. The molecule has 4 aromatic rings. The first kappa shape index (κ1) is 20.8. The van der Waals surface area contributed by atoms with Crippen molar-refractivity contribution in [1.82, 2.24) is 13.9 Å². The normalized spacial score (nSPS) is 11.6. The number of para-hydroxylation sites is 2. The van der Waals surface area contributed by atoms with Crippen molar-refractivity contribution in [3.8, 4) is 0 Å². The van der Waals surface area contributed by atoms with E-state index in [0.29, 0.717) is 18.3 Å². The number of rotatable bonds is 7. The van der Waals surface area contributed by atoms with Crippen LogP contribution in [0.5, 0.6) is 0 Å². The second-order valence-corrected chi connectivity index (χ2v) is 9.95. The van der Waals surface area contributed by atoms with Crippen molar-refractivity contribution >= 4 is 50.3 Å². The molecule has 156 valence electrons. The SMILES string of the molecule is Cc1cccc2scc(Cn3c(=O)n(CCC(=O)NSC(C)C)c4ccccc43)c12. The third-order valence-corrected chi connectivity index (χ3v) is 6.92. The second-order valence-electron chi connectivity index (χ2n) is 7.66. The highest BCUT2D eigenvalue weighted by Crippen LogP contribution is 2.29. The summed E-state index contributed by atoms with van der Waals surface area (Å²) in [5.74, 6) is -0.0584. The number of hydrogen-bond donors (Lipinski definition) is 1. The van der Waals surface area contributed by atoms with E-state index >= 15 is 0 Å². The molecule has 2 heterocycles. The molecule has 1 amide bonds. The zero-order valence-electron chi connectivity index (χ0n) is 17.3. The van der Waals surface area contributed by atoms with Gasteiger partial charge >= 0.3 is 5.69 Å². The number of hydrogen-bond acceptors (Lipinski definition) is 4. The van der Waals surface area contributed by atoms with Crippen LogP contribution in [0.3, 0.4) is 0 Å². The minimum Gasteiger partial charge on any atom is -0.300 e. The number of thiophene rings is 1. The zero-order valence-corrected chi connectivity index (χ0v) is 19.0. The maximum atomic E-state index is 13.3. The van der Waals surface area contributed by atoms with Crippen molar-refractivity contribution < 1.29 is 4.79 Å². The molecule has 0 aliphatic rings. The van der Waals surface area contributed by atoms with Gasteiger partial charge in [-0.15, -0.1) is 11.3 Å². The monoisotopic (exact) mass is 439 g/mol.